The van der Waals surface area contributed by atoms with Gasteiger partial charge in [-0.3, -0.25) is 0 Å². The van der Waals surface area contributed by atoms with Gasteiger partial charge in [-0.15, -0.1) is 33.2 Å². The summed E-state index contributed by atoms with van der Waals surface area (Å²) in [4.78, 5) is 0. The van der Waals surface area contributed by atoms with Crippen LogP contribution in [0, 0.1) is 0 Å². The van der Waals surface area contributed by atoms with Crippen molar-refractivity contribution in [2.45, 2.75) is 25.8 Å². The Hall–Kier alpha value is 0.267. The summed E-state index contributed by atoms with van der Waals surface area (Å²) in [5, 5.41) is 0.795. The fourth-order valence-corrected chi connectivity index (χ4v) is 2.92. The van der Waals surface area contributed by atoms with Crippen molar-refractivity contribution in [2.75, 3.05) is 0 Å². The van der Waals surface area contributed by atoms with E-state index in [9.17, 15) is 0 Å². The van der Waals surface area contributed by atoms with Crippen LogP contribution in [0.2, 0.25) is 0 Å². The first-order valence-corrected chi connectivity index (χ1v) is 9.77. The van der Waals surface area contributed by atoms with Gasteiger partial charge in [-0.1, -0.05) is 31.2 Å². The highest BCUT2D eigenvalue weighted by molar-refractivity contribution is 7.69. The summed E-state index contributed by atoms with van der Waals surface area (Å²) in [6, 6.07) is 4.84. The molecule has 1 aromatic carbocycles. The lowest BCUT2D eigenvalue weighted by molar-refractivity contribution is 0.476. The number of hydrogen-bond acceptors (Lipinski definition) is 1. The van der Waals surface area contributed by atoms with Gasteiger partial charge in [-0.25, -0.2) is 0 Å². The van der Waals surface area contributed by atoms with Crippen molar-refractivity contribution < 1.29 is 0 Å². The van der Waals surface area contributed by atoms with Crippen LogP contribution in [0.25, 0.3) is 0 Å². The molecule has 0 aliphatic carbocycles. The van der Waals surface area contributed by atoms with E-state index < -0.39 is 6.00 Å². The fourth-order valence-electron chi connectivity index (χ4n) is 1.24. The standard InChI is InChI=1S/C10H14Cl3NSi/c1-3-10(2,14)8-4-6-9(7-5-8)15(11,12)13/h4-7H,3,14H2,1-2H3. The van der Waals surface area contributed by atoms with Gasteiger partial charge in [-0.05, 0) is 24.1 Å². The molecule has 1 atom stereocenters. The van der Waals surface area contributed by atoms with Crippen LogP contribution < -0.4 is 10.9 Å². The van der Waals surface area contributed by atoms with Gasteiger partial charge in [0.1, 0.15) is 0 Å². The molecule has 2 N–H and O–H groups in total. The van der Waals surface area contributed by atoms with Crippen LogP contribution in [0.3, 0.4) is 0 Å². The molecule has 84 valence electrons. The summed E-state index contributed by atoms with van der Waals surface area (Å²) in [6.07, 6.45) is 0.873. The normalized spacial score (nSPS) is 16.1. The van der Waals surface area contributed by atoms with E-state index in [2.05, 4.69) is 6.92 Å². The number of halogens is 3. The molecule has 5 heteroatoms. The molecule has 15 heavy (non-hydrogen) atoms. The zero-order valence-electron chi connectivity index (χ0n) is 8.73. The number of rotatable bonds is 3. The Kier molecular flexibility index (Phi) is 4.12. The van der Waals surface area contributed by atoms with E-state index >= 15 is 0 Å². The second-order valence-corrected chi connectivity index (χ2v) is 12.3. The average Bonchev–Trinajstić information content (AvgIpc) is 2.17. The lowest BCUT2D eigenvalue weighted by Crippen LogP contribution is -2.34. The topological polar surface area (TPSA) is 26.0 Å². The van der Waals surface area contributed by atoms with Crippen molar-refractivity contribution in [3.05, 3.63) is 29.8 Å². The fraction of sp³-hybridized carbons (Fsp3) is 0.400. The summed E-state index contributed by atoms with van der Waals surface area (Å²) >= 11 is 17.7. The van der Waals surface area contributed by atoms with Crippen molar-refractivity contribution >= 4 is 44.4 Å². The maximum Gasteiger partial charge on any atom is 0.372 e. The summed E-state index contributed by atoms with van der Waals surface area (Å²) in [6.45, 7) is 4.05. The van der Waals surface area contributed by atoms with Gasteiger partial charge in [0, 0.05) is 5.54 Å². The molecule has 1 rings (SSSR count). The first-order valence-electron chi connectivity index (χ1n) is 4.74. The summed E-state index contributed by atoms with van der Waals surface area (Å²) < 4.78 is 0. The molecule has 0 saturated carbocycles. The van der Waals surface area contributed by atoms with E-state index in [0.717, 1.165) is 17.2 Å². The molecule has 1 aromatic rings. The molecule has 0 aliphatic rings. The second kappa shape index (κ2) is 4.64. The summed E-state index contributed by atoms with van der Waals surface area (Å²) in [7, 11) is 0. The predicted octanol–water partition coefficient (Wildman–Crippen LogP) is 3.13. The molecule has 0 saturated heterocycles. The van der Waals surface area contributed by atoms with E-state index in [-0.39, 0.29) is 5.54 Å². The van der Waals surface area contributed by atoms with E-state index in [1.54, 1.807) is 0 Å². The van der Waals surface area contributed by atoms with E-state index in [1.165, 1.54) is 0 Å². The molecular weight excluding hydrogens is 269 g/mol. The van der Waals surface area contributed by atoms with Crippen molar-refractivity contribution in [3.63, 3.8) is 0 Å². The van der Waals surface area contributed by atoms with Crippen LogP contribution in [0.5, 0.6) is 0 Å². The van der Waals surface area contributed by atoms with Crippen LogP contribution >= 0.6 is 33.2 Å². The Morgan fingerprint density at radius 1 is 1.20 bits per heavy atom. The van der Waals surface area contributed by atoms with Gasteiger partial charge >= 0.3 is 6.00 Å². The van der Waals surface area contributed by atoms with Crippen molar-refractivity contribution in [2.24, 2.45) is 5.73 Å². The quantitative estimate of drug-likeness (QED) is 0.669. The zero-order valence-corrected chi connectivity index (χ0v) is 12.0. The third-order valence-electron chi connectivity index (χ3n) is 2.61. The van der Waals surface area contributed by atoms with Crippen molar-refractivity contribution in [3.8, 4) is 0 Å². The highest BCUT2D eigenvalue weighted by Gasteiger charge is 2.28. The van der Waals surface area contributed by atoms with Gasteiger partial charge in [0.15, 0.2) is 0 Å². The van der Waals surface area contributed by atoms with Crippen LogP contribution in [-0.4, -0.2) is 6.00 Å². The Labute approximate surface area is 106 Å². The molecule has 0 bridgehead atoms. The van der Waals surface area contributed by atoms with Crippen LogP contribution in [0.15, 0.2) is 24.3 Å². The third-order valence-corrected chi connectivity index (χ3v) is 5.56. The Morgan fingerprint density at radius 3 is 2.00 bits per heavy atom. The SMILES string of the molecule is CCC(C)(N)c1ccc([Si](Cl)(Cl)Cl)cc1. The Morgan fingerprint density at radius 2 is 1.67 bits per heavy atom. The zero-order chi connectivity index (χ0) is 11.7. The minimum absolute atomic E-state index is 0.312. The van der Waals surface area contributed by atoms with Crippen LogP contribution in [0.4, 0.5) is 0 Å². The van der Waals surface area contributed by atoms with E-state index in [4.69, 9.17) is 39.0 Å². The largest absolute Gasteiger partial charge is 0.372 e. The molecule has 0 amide bonds. The lowest BCUT2D eigenvalue weighted by Gasteiger charge is -2.23. The maximum absolute atomic E-state index is 6.11. The van der Waals surface area contributed by atoms with Gasteiger partial charge in [0.2, 0.25) is 0 Å². The van der Waals surface area contributed by atoms with Crippen LogP contribution in [-0.2, 0) is 5.54 Å². The third kappa shape index (κ3) is 3.36. The average molecular weight is 283 g/mol. The highest BCUT2D eigenvalue weighted by atomic mass is 35.8. The smallest absolute Gasteiger partial charge is 0.322 e. The minimum Gasteiger partial charge on any atom is -0.322 e. The summed E-state index contributed by atoms with van der Waals surface area (Å²) in [5.74, 6) is 0. The molecule has 0 spiro atoms. The van der Waals surface area contributed by atoms with Crippen molar-refractivity contribution in [1.82, 2.24) is 0 Å². The molecule has 1 unspecified atom stereocenters. The first-order chi connectivity index (χ1) is 6.77. The van der Waals surface area contributed by atoms with Gasteiger partial charge < -0.3 is 5.73 Å². The molecule has 0 heterocycles. The monoisotopic (exact) mass is 281 g/mol. The maximum atomic E-state index is 6.11. The number of benzene rings is 1. The molecular formula is C10H14Cl3NSi. The molecule has 0 fully saturated rings. The van der Waals surface area contributed by atoms with E-state index in [1.807, 2.05) is 31.2 Å². The van der Waals surface area contributed by atoms with Crippen LogP contribution in [0.1, 0.15) is 25.8 Å². The number of nitrogens with two attached hydrogens (primary N) is 1. The van der Waals surface area contributed by atoms with Gasteiger partial charge in [-0.2, -0.15) is 0 Å². The predicted molar refractivity (Wildman–Crippen MR) is 71.2 cm³/mol. The van der Waals surface area contributed by atoms with E-state index in [0.29, 0.717) is 0 Å². The lowest BCUT2D eigenvalue weighted by atomic mass is 9.91. The summed E-state index contributed by atoms with van der Waals surface area (Å²) in [5.41, 5.74) is 6.86. The molecule has 1 nitrogen and oxygen atoms in total. The molecule has 0 aliphatic heterocycles. The molecule has 0 aromatic heterocycles. The Bertz CT molecular complexity index is 330. The number of hydrogen-bond donors (Lipinski definition) is 1. The molecule has 0 radical (unpaired) electrons. The minimum atomic E-state index is -2.75. The van der Waals surface area contributed by atoms with Gasteiger partial charge in [0.25, 0.3) is 0 Å². The van der Waals surface area contributed by atoms with Gasteiger partial charge in [0.05, 0.1) is 0 Å². The Balaban J connectivity index is 3.01. The van der Waals surface area contributed by atoms with Crippen molar-refractivity contribution in [1.29, 1.82) is 0 Å². The highest BCUT2D eigenvalue weighted by Crippen LogP contribution is 2.23. The first kappa shape index (κ1) is 13.3. The second-order valence-electron chi connectivity index (χ2n) is 3.85.